The van der Waals surface area contributed by atoms with Crippen LogP contribution in [-0.4, -0.2) is 10.4 Å². The molecule has 2 aliphatic rings. The van der Waals surface area contributed by atoms with Crippen molar-refractivity contribution in [3.8, 4) is 39.1 Å². The van der Waals surface area contributed by atoms with Crippen LogP contribution in [-0.2, 0) is 11.8 Å². The van der Waals surface area contributed by atoms with Crippen molar-refractivity contribution in [2.24, 2.45) is 0 Å². The van der Waals surface area contributed by atoms with E-state index in [0.717, 1.165) is 22.4 Å². The fraction of sp³-hybridized carbons (Fsp3) is 0.0976. The molecular weight excluding hydrogens is 522 g/mol. The molecule has 0 saturated carbocycles. The third-order valence-electron chi connectivity index (χ3n) is 9.78. The third kappa shape index (κ3) is 3.26. The minimum absolute atomic E-state index is 0.194. The maximum absolute atomic E-state index is 13.7. The average Bonchev–Trinajstić information content (AvgIpc) is 3.49. The summed E-state index contributed by atoms with van der Waals surface area (Å²) in [6.45, 7) is 4.68. The van der Waals surface area contributed by atoms with Crippen molar-refractivity contribution in [3.63, 3.8) is 0 Å². The van der Waals surface area contributed by atoms with E-state index in [1.54, 1.807) is 0 Å². The first kappa shape index (κ1) is 24.4. The first-order valence-corrected chi connectivity index (χ1v) is 15.0. The Hall–Kier alpha value is -5.21. The number of carbonyl (C=O) groups is 1. The van der Waals surface area contributed by atoms with Crippen molar-refractivity contribution in [1.82, 2.24) is 4.57 Å². The van der Waals surface area contributed by atoms with Crippen molar-refractivity contribution in [2.45, 2.75) is 25.7 Å². The van der Waals surface area contributed by atoms with Gasteiger partial charge in [-0.2, -0.15) is 0 Å². The molecule has 2 nitrogen and oxygen atoms in total. The molecule has 0 radical (unpaired) electrons. The van der Waals surface area contributed by atoms with Crippen LogP contribution in [0.3, 0.4) is 0 Å². The second kappa shape index (κ2) is 8.65. The predicted octanol–water partition coefficient (Wildman–Crippen LogP) is 10.2. The van der Waals surface area contributed by atoms with Gasteiger partial charge in [0.05, 0.1) is 11.0 Å². The van der Waals surface area contributed by atoms with Crippen molar-refractivity contribution in [2.75, 3.05) is 0 Å². The second-order valence-corrected chi connectivity index (χ2v) is 12.4. The number of nitrogens with zero attached hydrogens (tertiary/aromatic N) is 1. The number of hydrogen-bond acceptors (Lipinski definition) is 1. The first-order chi connectivity index (χ1) is 21.0. The van der Waals surface area contributed by atoms with Crippen molar-refractivity contribution >= 4 is 27.6 Å². The normalized spacial score (nSPS) is 14.4. The number of carbonyl (C=O) groups excluding carboxylic acids is 1. The van der Waals surface area contributed by atoms with E-state index in [0.29, 0.717) is 6.42 Å². The summed E-state index contributed by atoms with van der Waals surface area (Å²) in [6, 6.07) is 45.5. The SMILES string of the molecule is CC1(C)c2ccccc2-c2cc3c(c(-c4ccc5c(c4)c4ccccc4n5-c4ccccc4)c21)CC(=O)c1ccccc1-3. The molecule has 7 aromatic rings. The summed E-state index contributed by atoms with van der Waals surface area (Å²) in [5.41, 5.74) is 15.2. The summed E-state index contributed by atoms with van der Waals surface area (Å²) >= 11 is 0. The van der Waals surface area contributed by atoms with Crippen LogP contribution in [0, 0.1) is 0 Å². The molecule has 0 atom stereocenters. The Morgan fingerprint density at radius 2 is 1.26 bits per heavy atom. The lowest BCUT2D eigenvalue weighted by atomic mass is 9.73. The standard InChI is InChI=1S/C41H29NO/c1-41(2)35-18-10-8-15-28(35)34-23-31-27-14-6-7-17-30(27)38(43)24-33(31)39(40(34)41)25-20-21-37-32(22-25)29-16-9-11-19-36(29)42(37)26-12-4-3-5-13-26/h3-23H,24H2,1-2H3. The van der Waals surface area contributed by atoms with E-state index in [4.69, 9.17) is 0 Å². The molecule has 1 aromatic heterocycles. The summed E-state index contributed by atoms with van der Waals surface area (Å²) in [7, 11) is 0. The molecule has 2 aliphatic carbocycles. The number of aromatic nitrogens is 1. The minimum Gasteiger partial charge on any atom is -0.309 e. The molecule has 0 N–H and O–H groups in total. The zero-order valence-corrected chi connectivity index (χ0v) is 24.2. The van der Waals surface area contributed by atoms with Crippen LogP contribution < -0.4 is 0 Å². The van der Waals surface area contributed by atoms with E-state index < -0.39 is 0 Å². The highest BCUT2D eigenvalue weighted by molar-refractivity contribution is 6.13. The maximum atomic E-state index is 13.7. The highest BCUT2D eigenvalue weighted by Gasteiger charge is 2.40. The third-order valence-corrected chi connectivity index (χ3v) is 9.78. The van der Waals surface area contributed by atoms with Gasteiger partial charge < -0.3 is 4.57 Å². The molecule has 0 bridgehead atoms. The van der Waals surface area contributed by atoms with Crippen molar-refractivity contribution < 1.29 is 4.79 Å². The second-order valence-electron chi connectivity index (χ2n) is 12.4. The first-order valence-electron chi connectivity index (χ1n) is 15.0. The number of para-hydroxylation sites is 2. The molecule has 1 heterocycles. The smallest absolute Gasteiger partial charge is 0.167 e. The van der Waals surface area contributed by atoms with Crippen molar-refractivity contribution in [1.29, 1.82) is 0 Å². The molecule has 0 saturated heterocycles. The van der Waals surface area contributed by atoms with E-state index in [2.05, 4.69) is 134 Å². The molecule has 0 fully saturated rings. The van der Waals surface area contributed by atoms with E-state index >= 15 is 0 Å². The van der Waals surface area contributed by atoms with Crippen LogP contribution >= 0.6 is 0 Å². The highest BCUT2D eigenvalue weighted by atomic mass is 16.1. The molecule has 0 aliphatic heterocycles. The average molecular weight is 552 g/mol. The fourth-order valence-corrected chi connectivity index (χ4v) is 7.93. The van der Waals surface area contributed by atoms with Crippen LogP contribution in [0.2, 0.25) is 0 Å². The predicted molar refractivity (Wildman–Crippen MR) is 177 cm³/mol. The molecule has 0 unspecified atom stereocenters. The lowest BCUT2D eigenvalue weighted by Crippen LogP contribution is -2.20. The summed E-state index contributed by atoms with van der Waals surface area (Å²) in [5.74, 6) is 0.194. The zero-order chi connectivity index (χ0) is 28.9. The molecule has 0 amide bonds. The molecule has 2 heteroatoms. The van der Waals surface area contributed by atoms with Crippen LogP contribution in [0.25, 0.3) is 60.9 Å². The number of ketones is 1. The van der Waals surface area contributed by atoms with Gasteiger partial charge in [0.15, 0.2) is 5.78 Å². The van der Waals surface area contributed by atoms with Crippen LogP contribution in [0.4, 0.5) is 0 Å². The monoisotopic (exact) mass is 551 g/mol. The Morgan fingerprint density at radius 1 is 0.581 bits per heavy atom. The lowest BCUT2D eigenvalue weighted by molar-refractivity contribution is 0.0992. The minimum atomic E-state index is -0.205. The van der Waals surface area contributed by atoms with E-state index in [1.807, 2.05) is 12.1 Å². The van der Waals surface area contributed by atoms with Crippen LogP contribution in [0.15, 0.2) is 127 Å². The molecule has 6 aromatic carbocycles. The molecular formula is C41H29NO. The Balaban J connectivity index is 1.40. The Morgan fingerprint density at radius 3 is 2.09 bits per heavy atom. The van der Waals surface area contributed by atoms with Gasteiger partial charge in [-0.15, -0.1) is 0 Å². The number of benzene rings is 6. The van der Waals surface area contributed by atoms with Gasteiger partial charge in [-0.25, -0.2) is 0 Å². The van der Waals surface area contributed by atoms with Crippen LogP contribution in [0.5, 0.6) is 0 Å². The van der Waals surface area contributed by atoms with Gasteiger partial charge in [-0.3, -0.25) is 4.79 Å². The largest absolute Gasteiger partial charge is 0.309 e. The van der Waals surface area contributed by atoms with Gasteiger partial charge in [0.2, 0.25) is 0 Å². The van der Waals surface area contributed by atoms with Gasteiger partial charge in [0.1, 0.15) is 0 Å². The Bertz CT molecular complexity index is 2300. The van der Waals surface area contributed by atoms with Gasteiger partial charge in [0, 0.05) is 33.9 Å². The number of Topliss-reactive ketones (excluding diaryl/α,β-unsaturated/α-hetero) is 1. The van der Waals surface area contributed by atoms with Gasteiger partial charge in [-0.05, 0) is 86.5 Å². The van der Waals surface area contributed by atoms with Crippen LogP contribution in [0.1, 0.15) is 40.9 Å². The van der Waals surface area contributed by atoms with Gasteiger partial charge in [0.25, 0.3) is 0 Å². The van der Waals surface area contributed by atoms with E-state index in [1.165, 1.54) is 60.8 Å². The lowest BCUT2D eigenvalue weighted by Gasteiger charge is -2.30. The Kier molecular flexibility index (Phi) is 4.91. The fourth-order valence-electron chi connectivity index (χ4n) is 7.93. The van der Waals surface area contributed by atoms with Gasteiger partial charge in [-0.1, -0.05) is 105 Å². The summed E-state index contributed by atoms with van der Waals surface area (Å²) < 4.78 is 2.36. The molecule has 0 spiro atoms. The molecule has 43 heavy (non-hydrogen) atoms. The summed E-state index contributed by atoms with van der Waals surface area (Å²) in [5, 5.41) is 2.45. The highest BCUT2D eigenvalue weighted by Crippen LogP contribution is 2.56. The molecule has 204 valence electrons. The van der Waals surface area contributed by atoms with Crippen molar-refractivity contribution in [3.05, 3.63) is 150 Å². The number of rotatable bonds is 2. The van der Waals surface area contributed by atoms with E-state index in [-0.39, 0.29) is 11.2 Å². The number of fused-ring (bicyclic) bond motifs is 9. The molecule has 9 rings (SSSR count). The summed E-state index contributed by atoms with van der Waals surface area (Å²) in [6.07, 6.45) is 0.408. The number of hydrogen-bond donors (Lipinski definition) is 0. The van der Waals surface area contributed by atoms with E-state index in [9.17, 15) is 4.79 Å². The quantitative estimate of drug-likeness (QED) is 0.210. The zero-order valence-electron chi connectivity index (χ0n) is 24.2. The van der Waals surface area contributed by atoms with Gasteiger partial charge >= 0.3 is 0 Å². The Labute approximate surface area is 250 Å². The summed E-state index contributed by atoms with van der Waals surface area (Å²) in [4.78, 5) is 13.7. The maximum Gasteiger partial charge on any atom is 0.167 e. The topological polar surface area (TPSA) is 22.0 Å².